The number of nitrogens with zero attached hydrogens (tertiary/aromatic N) is 3. The molecule has 0 fully saturated rings. The minimum atomic E-state index is -4.49. The molecule has 1 heterocycles. The molecule has 0 N–H and O–H groups in total. The first-order chi connectivity index (χ1) is 5.54. The number of hydrogen-bond donors (Lipinski definition) is 0. The number of alkyl halides is 3. The molecule has 12 heavy (non-hydrogen) atoms. The zero-order valence-electron chi connectivity index (χ0n) is 6.17. The van der Waals surface area contributed by atoms with Gasteiger partial charge < -0.3 is 4.74 Å². The second kappa shape index (κ2) is 3.10. The molecule has 0 amide bonds. The third kappa shape index (κ3) is 1.94. The summed E-state index contributed by atoms with van der Waals surface area (Å²) in [6, 6.07) is 0. The molecule has 68 valence electrons. The van der Waals surface area contributed by atoms with Crippen molar-refractivity contribution in [3.8, 4) is 0 Å². The quantitative estimate of drug-likeness (QED) is 0.680. The van der Waals surface area contributed by atoms with E-state index in [1.165, 1.54) is 7.11 Å². The highest BCUT2D eigenvalue weighted by molar-refractivity contribution is 4.86. The van der Waals surface area contributed by atoms with Crippen molar-refractivity contribution in [2.24, 2.45) is 0 Å². The van der Waals surface area contributed by atoms with Gasteiger partial charge in [0.05, 0.1) is 0 Å². The summed E-state index contributed by atoms with van der Waals surface area (Å²) >= 11 is 0. The van der Waals surface area contributed by atoms with E-state index in [4.69, 9.17) is 0 Å². The minimum absolute atomic E-state index is 0.0386. The van der Waals surface area contributed by atoms with Crippen molar-refractivity contribution in [2.75, 3.05) is 7.11 Å². The fraction of sp³-hybridized carbons (Fsp3) is 0.600. The molecular formula is C5H6F3N3O. The van der Waals surface area contributed by atoms with Crippen LogP contribution < -0.4 is 0 Å². The summed E-state index contributed by atoms with van der Waals surface area (Å²) in [6.45, 7) is -0.0386. The van der Waals surface area contributed by atoms with Gasteiger partial charge in [0.1, 0.15) is 13.1 Å². The van der Waals surface area contributed by atoms with E-state index in [2.05, 4.69) is 14.8 Å². The molecule has 0 aliphatic heterocycles. The number of halogens is 3. The summed E-state index contributed by atoms with van der Waals surface area (Å²) < 4.78 is 41.1. The van der Waals surface area contributed by atoms with Crippen LogP contribution in [0.5, 0.6) is 0 Å². The molecule has 0 unspecified atom stereocenters. The first-order valence-corrected chi connectivity index (χ1v) is 2.99. The highest BCUT2D eigenvalue weighted by Crippen LogP contribution is 2.25. The Kier molecular flexibility index (Phi) is 2.32. The lowest BCUT2D eigenvalue weighted by atomic mass is 10.6. The smallest absolute Gasteiger partial charge is 0.362 e. The SMILES string of the molecule is COCn1cnc(C(F)(F)F)n1. The molecule has 0 aliphatic carbocycles. The lowest BCUT2D eigenvalue weighted by Gasteiger charge is -1.99. The van der Waals surface area contributed by atoms with Gasteiger partial charge in [-0.05, 0) is 0 Å². The van der Waals surface area contributed by atoms with Gasteiger partial charge in [-0.2, -0.15) is 13.2 Å². The van der Waals surface area contributed by atoms with Crippen molar-refractivity contribution in [1.29, 1.82) is 0 Å². The van der Waals surface area contributed by atoms with Crippen LogP contribution in [0.15, 0.2) is 6.33 Å². The van der Waals surface area contributed by atoms with Crippen LogP contribution in [0.2, 0.25) is 0 Å². The minimum Gasteiger partial charge on any atom is -0.362 e. The van der Waals surface area contributed by atoms with Crippen LogP contribution in [-0.2, 0) is 17.6 Å². The van der Waals surface area contributed by atoms with Crippen LogP contribution in [0.3, 0.4) is 0 Å². The Morgan fingerprint density at radius 2 is 2.25 bits per heavy atom. The molecule has 1 aromatic rings. The Balaban J connectivity index is 2.77. The molecule has 0 aliphatic rings. The van der Waals surface area contributed by atoms with Crippen molar-refractivity contribution in [3.63, 3.8) is 0 Å². The van der Waals surface area contributed by atoms with Crippen LogP contribution in [0, 0.1) is 0 Å². The predicted octanol–water partition coefficient (Wildman–Crippen LogP) is 0.901. The highest BCUT2D eigenvalue weighted by Gasteiger charge is 2.35. The normalized spacial score (nSPS) is 12.0. The molecule has 0 saturated heterocycles. The largest absolute Gasteiger partial charge is 0.453 e. The third-order valence-electron chi connectivity index (χ3n) is 1.05. The Hall–Kier alpha value is -1.11. The standard InChI is InChI=1S/C5H6F3N3O/c1-12-3-11-2-9-4(10-11)5(6,7)8/h2H,3H2,1H3. The number of rotatable bonds is 2. The van der Waals surface area contributed by atoms with Gasteiger partial charge in [0.2, 0.25) is 0 Å². The van der Waals surface area contributed by atoms with E-state index in [0.29, 0.717) is 0 Å². The monoisotopic (exact) mass is 181 g/mol. The fourth-order valence-corrected chi connectivity index (χ4v) is 0.619. The summed E-state index contributed by atoms with van der Waals surface area (Å²) in [7, 11) is 1.36. The van der Waals surface area contributed by atoms with E-state index in [9.17, 15) is 13.2 Å². The molecule has 0 radical (unpaired) electrons. The average Bonchev–Trinajstić information content (AvgIpc) is 2.35. The number of hydrogen-bond acceptors (Lipinski definition) is 3. The second-order valence-corrected chi connectivity index (χ2v) is 2.02. The molecular weight excluding hydrogens is 175 g/mol. The van der Waals surface area contributed by atoms with Crippen LogP contribution in [0.1, 0.15) is 5.82 Å². The van der Waals surface area contributed by atoms with Crippen molar-refractivity contribution in [2.45, 2.75) is 12.9 Å². The van der Waals surface area contributed by atoms with E-state index in [1.807, 2.05) is 0 Å². The van der Waals surface area contributed by atoms with Crippen LogP contribution >= 0.6 is 0 Å². The lowest BCUT2D eigenvalue weighted by Crippen LogP contribution is -2.09. The van der Waals surface area contributed by atoms with E-state index in [1.54, 1.807) is 0 Å². The average molecular weight is 181 g/mol. The van der Waals surface area contributed by atoms with Gasteiger partial charge >= 0.3 is 6.18 Å². The van der Waals surface area contributed by atoms with E-state index >= 15 is 0 Å². The summed E-state index contributed by atoms with van der Waals surface area (Å²) in [6.07, 6.45) is -3.52. The van der Waals surface area contributed by atoms with Crippen molar-refractivity contribution in [3.05, 3.63) is 12.2 Å². The molecule has 0 aromatic carbocycles. The molecule has 1 aromatic heterocycles. The second-order valence-electron chi connectivity index (χ2n) is 2.02. The molecule has 0 saturated carbocycles. The zero-order chi connectivity index (χ0) is 9.19. The summed E-state index contributed by atoms with van der Waals surface area (Å²) in [5, 5.41) is 3.13. The van der Waals surface area contributed by atoms with Gasteiger partial charge in [0.15, 0.2) is 0 Å². The summed E-state index contributed by atoms with van der Waals surface area (Å²) in [4.78, 5) is 3.05. The third-order valence-corrected chi connectivity index (χ3v) is 1.05. The molecule has 0 bridgehead atoms. The van der Waals surface area contributed by atoms with Gasteiger partial charge in [-0.1, -0.05) is 0 Å². The maximum Gasteiger partial charge on any atom is 0.453 e. The fourth-order valence-electron chi connectivity index (χ4n) is 0.619. The number of ether oxygens (including phenoxy) is 1. The van der Waals surface area contributed by atoms with E-state index < -0.39 is 12.0 Å². The Morgan fingerprint density at radius 3 is 2.67 bits per heavy atom. The van der Waals surface area contributed by atoms with Crippen molar-refractivity contribution < 1.29 is 17.9 Å². The van der Waals surface area contributed by atoms with Gasteiger partial charge in [-0.3, -0.25) is 0 Å². The zero-order valence-corrected chi connectivity index (χ0v) is 6.17. The van der Waals surface area contributed by atoms with Gasteiger partial charge in [0.25, 0.3) is 5.82 Å². The van der Waals surface area contributed by atoms with Crippen molar-refractivity contribution in [1.82, 2.24) is 14.8 Å². The number of methoxy groups -OCH3 is 1. The summed E-state index contributed by atoms with van der Waals surface area (Å²) in [5.41, 5.74) is 0. The molecule has 0 spiro atoms. The predicted molar refractivity (Wildman–Crippen MR) is 32.0 cm³/mol. The van der Waals surface area contributed by atoms with Crippen molar-refractivity contribution >= 4 is 0 Å². The topological polar surface area (TPSA) is 39.9 Å². The van der Waals surface area contributed by atoms with Gasteiger partial charge in [-0.15, -0.1) is 5.10 Å². The van der Waals surface area contributed by atoms with Gasteiger partial charge in [-0.25, -0.2) is 9.67 Å². The molecule has 0 atom stereocenters. The highest BCUT2D eigenvalue weighted by atomic mass is 19.4. The number of aromatic nitrogens is 3. The van der Waals surface area contributed by atoms with E-state index in [0.717, 1.165) is 11.0 Å². The first-order valence-electron chi connectivity index (χ1n) is 2.99. The molecule has 7 heteroatoms. The maximum atomic E-state index is 11.9. The first kappa shape index (κ1) is 8.98. The van der Waals surface area contributed by atoms with Crippen LogP contribution in [-0.4, -0.2) is 21.9 Å². The Labute approximate surface area is 66.0 Å². The maximum absolute atomic E-state index is 11.9. The Bertz CT molecular complexity index is 257. The lowest BCUT2D eigenvalue weighted by molar-refractivity contribution is -0.145. The summed E-state index contributed by atoms with van der Waals surface area (Å²) in [5.74, 6) is -1.15. The van der Waals surface area contributed by atoms with Crippen LogP contribution in [0.25, 0.3) is 0 Å². The Morgan fingerprint density at radius 1 is 1.58 bits per heavy atom. The molecule has 1 rings (SSSR count). The molecule has 4 nitrogen and oxygen atoms in total. The van der Waals surface area contributed by atoms with Crippen LogP contribution in [0.4, 0.5) is 13.2 Å². The van der Waals surface area contributed by atoms with Gasteiger partial charge in [0, 0.05) is 7.11 Å². The van der Waals surface area contributed by atoms with E-state index in [-0.39, 0.29) is 6.73 Å².